The Morgan fingerprint density at radius 2 is 1.93 bits per heavy atom. The Balaban J connectivity index is 1.65. The molecule has 4 nitrogen and oxygen atoms in total. The summed E-state index contributed by atoms with van der Waals surface area (Å²) < 4.78 is 4.73. The summed E-state index contributed by atoms with van der Waals surface area (Å²) >= 11 is 3.12. The van der Waals surface area contributed by atoms with Gasteiger partial charge >= 0.3 is 5.97 Å². The van der Waals surface area contributed by atoms with Gasteiger partial charge < -0.3 is 10.1 Å². The topological polar surface area (TPSA) is 55.4 Å². The molecule has 27 heavy (non-hydrogen) atoms. The molecule has 0 bridgehead atoms. The third kappa shape index (κ3) is 5.39. The standard InChI is InChI=1S/C21H19NO3S2/c1-25-21(24)14-17(19-8-5-13-26-19)22-20(23)12-10-16-9-11-18(27-16)15-6-3-2-4-7-15/h2-13,17H,14H2,1H3,(H,22,23)/b12-10+. The molecule has 2 heterocycles. The zero-order chi connectivity index (χ0) is 19.1. The van der Waals surface area contributed by atoms with E-state index in [0.29, 0.717) is 0 Å². The SMILES string of the molecule is COC(=O)CC(NC(=O)/C=C/c1ccc(-c2ccccc2)s1)c1cccs1. The first-order valence-electron chi connectivity index (χ1n) is 8.40. The maximum Gasteiger partial charge on any atom is 0.307 e. The summed E-state index contributed by atoms with van der Waals surface area (Å²) in [5, 5.41) is 4.80. The van der Waals surface area contributed by atoms with Crippen LogP contribution in [0, 0.1) is 0 Å². The summed E-state index contributed by atoms with van der Waals surface area (Å²) in [4.78, 5) is 27.0. The largest absolute Gasteiger partial charge is 0.469 e. The summed E-state index contributed by atoms with van der Waals surface area (Å²) in [5.41, 5.74) is 1.16. The van der Waals surface area contributed by atoms with Crippen LogP contribution < -0.4 is 5.32 Å². The van der Waals surface area contributed by atoms with Crippen molar-refractivity contribution in [2.45, 2.75) is 12.5 Å². The fourth-order valence-electron chi connectivity index (χ4n) is 2.54. The molecule has 0 saturated heterocycles. The average molecular weight is 398 g/mol. The Labute approximate surface area is 166 Å². The average Bonchev–Trinajstić information content (AvgIpc) is 3.38. The van der Waals surface area contributed by atoms with E-state index in [9.17, 15) is 9.59 Å². The number of rotatable bonds is 7. The number of hydrogen-bond acceptors (Lipinski definition) is 5. The second-order valence-corrected chi connectivity index (χ2v) is 7.85. The lowest BCUT2D eigenvalue weighted by Crippen LogP contribution is -2.28. The van der Waals surface area contributed by atoms with E-state index >= 15 is 0 Å². The lowest BCUT2D eigenvalue weighted by molar-refractivity contribution is -0.141. The summed E-state index contributed by atoms with van der Waals surface area (Å²) in [5.74, 6) is -0.601. The summed E-state index contributed by atoms with van der Waals surface area (Å²) in [6.07, 6.45) is 3.39. The minimum atomic E-state index is -0.391. The molecular weight excluding hydrogens is 378 g/mol. The van der Waals surface area contributed by atoms with Gasteiger partial charge in [0.15, 0.2) is 0 Å². The van der Waals surface area contributed by atoms with Crippen molar-refractivity contribution in [1.82, 2.24) is 5.32 Å². The zero-order valence-electron chi connectivity index (χ0n) is 14.8. The van der Waals surface area contributed by atoms with Crippen LogP contribution in [0.2, 0.25) is 0 Å². The number of hydrogen-bond donors (Lipinski definition) is 1. The molecule has 6 heteroatoms. The van der Waals surface area contributed by atoms with Crippen molar-refractivity contribution < 1.29 is 14.3 Å². The van der Waals surface area contributed by atoms with E-state index in [1.54, 1.807) is 17.4 Å². The van der Waals surface area contributed by atoms with Gasteiger partial charge in [-0.1, -0.05) is 36.4 Å². The number of methoxy groups -OCH3 is 1. The van der Waals surface area contributed by atoms with Crippen LogP contribution in [0.5, 0.6) is 0 Å². The number of nitrogens with one attached hydrogen (secondary N) is 1. The quantitative estimate of drug-likeness (QED) is 0.455. The molecular formula is C21H19NO3S2. The minimum absolute atomic E-state index is 0.105. The van der Waals surface area contributed by atoms with Crippen LogP contribution in [0.25, 0.3) is 16.5 Å². The van der Waals surface area contributed by atoms with Crippen molar-refractivity contribution in [3.8, 4) is 10.4 Å². The highest BCUT2D eigenvalue weighted by atomic mass is 32.1. The van der Waals surface area contributed by atoms with E-state index in [2.05, 4.69) is 17.4 Å². The van der Waals surface area contributed by atoms with Crippen molar-refractivity contribution in [3.63, 3.8) is 0 Å². The van der Waals surface area contributed by atoms with E-state index in [4.69, 9.17) is 4.74 Å². The van der Waals surface area contributed by atoms with E-state index in [1.807, 2.05) is 47.8 Å². The molecule has 1 amide bonds. The Bertz CT molecular complexity index is 914. The molecule has 0 fully saturated rings. The second-order valence-electron chi connectivity index (χ2n) is 5.76. The maximum atomic E-state index is 12.3. The molecule has 0 aliphatic heterocycles. The van der Waals surface area contributed by atoms with Gasteiger partial charge in [-0.2, -0.15) is 0 Å². The Morgan fingerprint density at radius 3 is 2.63 bits per heavy atom. The van der Waals surface area contributed by atoms with Gasteiger partial charge in [-0.05, 0) is 35.2 Å². The number of ether oxygens (including phenoxy) is 1. The first-order valence-corrected chi connectivity index (χ1v) is 10.1. The fourth-order valence-corrected chi connectivity index (χ4v) is 4.23. The molecule has 0 saturated carbocycles. The van der Waals surface area contributed by atoms with Crippen LogP contribution in [0.1, 0.15) is 22.2 Å². The van der Waals surface area contributed by atoms with Crippen LogP contribution >= 0.6 is 22.7 Å². The van der Waals surface area contributed by atoms with Crippen molar-refractivity contribution in [1.29, 1.82) is 0 Å². The van der Waals surface area contributed by atoms with Crippen LogP contribution in [0.3, 0.4) is 0 Å². The van der Waals surface area contributed by atoms with Gasteiger partial charge in [0.2, 0.25) is 5.91 Å². The van der Waals surface area contributed by atoms with Gasteiger partial charge in [0, 0.05) is 20.7 Å². The smallest absolute Gasteiger partial charge is 0.307 e. The highest BCUT2D eigenvalue weighted by molar-refractivity contribution is 7.16. The first-order chi connectivity index (χ1) is 13.2. The van der Waals surface area contributed by atoms with Crippen LogP contribution in [0.15, 0.2) is 66.1 Å². The van der Waals surface area contributed by atoms with E-state index in [-0.39, 0.29) is 18.3 Å². The van der Waals surface area contributed by atoms with Crippen LogP contribution in [-0.2, 0) is 14.3 Å². The molecule has 0 spiro atoms. The molecule has 1 unspecified atom stereocenters. The predicted octanol–water partition coefficient (Wildman–Crippen LogP) is 4.91. The highest BCUT2D eigenvalue weighted by Gasteiger charge is 2.18. The van der Waals surface area contributed by atoms with Crippen LogP contribution in [0.4, 0.5) is 0 Å². The highest BCUT2D eigenvalue weighted by Crippen LogP contribution is 2.28. The lowest BCUT2D eigenvalue weighted by Gasteiger charge is -2.15. The van der Waals surface area contributed by atoms with Crippen molar-refractivity contribution in [2.24, 2.45) is 0 Å². The Morgan fingerprint density at radius 1 is 1.11 bits per heavy atom. The van der Waals surface area contributed by atoms with Crippen molar-refractivity contribution in [2.75, 3.05) is 7.11 Å². The van der Waals surface area contributed by atoms with Crippen molar-refractivity contribution >= 4 is 40.6 Å². The Hall–Kier alpha value is -2.70. The Kier molecular flexibility index (Phi) is 6.57. The second kappa shape index (κ2) is 9.30. The van der Waals surface area contributed by atoms with Gasteiger partial charge in [-0.15, -0.1) is 22.7 Å². The third-order valence-corrected chi connectivity index (χ3v) is 5.97. The van der Waals surface area contributed by atoms with Gasteiger partial charge in [-0.3, -0.25) is 9.59 Å². The normalized spacial score (nSPS) is 12.0. The van der Waals surface area contributed by atoms with E-state index < -0.39 is 6.04 Å². The number of carbonyl (C=O) groups excluding carboxylic acids is 2. The van der Waals surface area contributed by atoms with Gasteiger partial charge in [0.05, 0.1) is 19.6 Å². The van der Waals surface area contributed by atoms with E-state index in [0.717, 1.165) is 20.2 Å². The molecule has 0 radical (unpaired) electrons. The third-order valence-electron chi connectivity index (χ3n) is 3.89. The summed E-state index contributed by atoms with van der Waals surface area (Å²) in [6, 6.07) is 17.5. The predicted molar refractivity (Wildman–Crippen MR) is 111 cm³/mol. The van der Waals surface area contributed by atoms with Gasteiger partial charge in [-0.25, -0.2) is 0 Å². The monoisotopic (exact) mass is 397 g/mol. The minimum Gasteiger partial charge on any atom is -0.469 e. The summed E-state index contributed by atoms with van der Waals surface area (Å²) in [7, 11) is 1.34. The number of carbonyl (C=O) groups is 2. The molecule has 138 valence electrons. The molecule has 1 N–H and O–H groups in total. The first kappa shape index (κ1) is 19.1. The molecule has 1 atom stereocenters. The molecule has 3 aromatic rings. The number of benzene rings is 1. The van der Waals surface area contributed by atoms with Crippen LogP contribution in [-0.4, -0.2) is 19.0 Å². The molecule has 3 rings (SSSR count). The summed E-state index contributed by atoms with van der Waals surface area (Å²) in [6.45, 7) is 0. The number of esters is 1. The number of thiophene rings is 2. The molecule has 1 aromatic carbocycles. The van der Waals surface area contributed by atoms with Crippen molar-refractivity contribution in [3.05, 3.63) is 75.8 Å². The van der Waals surface area contributed by atoms with Gasteiger partial charge in [0.1, 0.15) is 0 Å². The maximum absolute atomic E-state index is 12.3. The van der Waals surface area contributed by atoms with E-state index in [1.165, 1.54) is 24.5 Å². The zero-order valence-corrected chi connectivity index (χ0v) is 16.4. The molecule has 0 aliphatic rings. The number of amides is 1. The molecule has 0 aliphatic carbocycles. The van der Waals surface area contributed by atoms with Gasteiger partial charge in [0.25, 0.3) is 0 Å². The lowest BCUT2D eigenvalue weighted by atomic mass is 10.1. The molecule has 2 aromatic heterocycles. The fraction of sp³-hybridized carbons (Fsp3) is 0.143.